The number of fused-ring (bicyclic) bond motifs is 1. The largest absolute Gasteiger partial charge is 0.495 e. The van der Waals surface area contributed by atoms with Crippen LogP contribution in [0, 0.1) is 0 Å². The van der Waals surface area contributed by atoms with E-state index in [1.807, 2.05) is 30.3 Å². The zero-order valence-electron chi connectivity index (χ0n) is 23.4. The maximum Gasteiger partial charge on any atom is 0.330 e. The fraction of sp³-hybridized carbons (Fsp3) is 0.333. The van der Waals surface area contributed by atoms with Gasteiger partial charge >= 0.3 is 6.03 Å². The molecule has 10 nitrogen and oxygen atoms in total. The molecule has 1 aliphatic carbocycles. The van der Waals surface area contributed by atoms with Crippen molar-refractivity contribution in [1.29, 1.82) is 0 Å². The Morgan fingerprint density at radius 1 is 1.10 bits per heavy atom. The Morgan fingerprint density at radius 2 is 1.76 bits per heavy atom. The molecule has 0 saturated heterocycles. The minimum absolute atomic E-state index is 0.0686. The molecule has 5 rings (SSSR count). The Labute approximate surface area is 254 Å². The van der Waals surface area contributed by atoms with E-state index in [1.54, 1.807) is 17.2 Å². The number of ether oxygens (including phenoxy) is 2. The minimum atomic E-state index is -0.371. The summed E-state index contributed by atoms with van der Waals surface area (Å²) in [5.41, 5.74) is 1.88. The van der Waals surface area contributed by atoms with Crippen LogP contribution >= 0.6 is 23.2 Å². The summed E-state index contributed by atoms with van der Waals surface area (Å²) in [7, 11) is 2.96. The van der Waals surface area contributed by atoms with Crippen LogP contribution in [0.1, 0.15) is 36.8 Å². The molecule has 0 spiro atoms. The van der Waals surface area contributed by atoms with Crippen LogP contribution in [0.3, 0.4) is 0 Å². The Bertz CT molecular complexity index is 1460. The normalized spacial score (nSPS) is 18.2. The van der Waals surface area contributed by atoms with Gasteiger partial charge in [-0.15, -0.1) is 0 Å². The van der Waals surface area contributed by atoms with Gasteiger partial charge in [0.2, 0.25) is 11.9 Å². The van der Waals surface area contributed by atoms with Crippen molar-refractivity contribution in [3.63, 3.8) is 0 Å². The van der Waals surface area contributed by atoms with Crippen LogP contribution in [0.15, 0.2) is 55.3 Å². The van der Waals surface area contributed by atoms with Gasteiger partial charge in [0.15, 0.2) is 0 Å². The number of rotatable bonds is 9. The number of carbonyl (C=O) groups is 2. The molecule has 1 fully saturated rings. The van der Waals surface area contributed by atoms with Gasteiger partial charge in [0.05, 0.1) is 33.0 Å². The molecule has 2 atom stereocenters. The molecule has 3 amide bonds. The Kier molecular flexibility index (Phi) is 9.03. The predicted octanol–water partition coefficient (Wildman–Crippen LogP) is 5.97. The van der Waals surface area contributed by atoms with Crippen molar-refractivity contribution < 1.29 is 19.1 Å². The van der Waals surface area contributed by atoms with Crippen LogP contribution in [0.2, 0.25) is 10.0 Å². The number of nitrogens with zero attached hydrogens (tertiary/aromatic N) is 4. The van der Waals surface area contributed by atoms with Crippen LogP contribution in [-0.4, -0.2) is 48.2 Å². The number of urea groups is 1. The third kappa shape index (κ3) is 5.96. The summed E-state index contributed by atoms with van der Waals surface area (Å²) in [5, 5.41) is 6.78. The van der Waals surface area contributed by atoms with Crippen molar-refractivity contribution in [3.05, 3.63) is 76.4 Å². The Balaban J connectivity index is 1.53. The fourth-order valence-corrected chi connectivity index (χ4v) is 6.07. The van der Waals surface area contributed by atoms with E-state index in [1.165, 1.54) is 25.2 Å². The minimum Gasteiger partial charge on any atom is -0.495 e. The zero-order valence-corrected chi connectivity index (χ0v) is 24.9. The molecule has 12 heteroatoms. The van der Waals surface area contributed by atoms with Gasteiger partial charge in [0.1, 0.15) is 27.4 Å². The monoisotopic (exact) mass is 610 g/mol. The van der Waals surface area contributed by atoms with E-state index in [0.29, 0.717) is 28.8 Å². The molecule has 42 heavy (non-hydrogen) atoms. The second-order valence-corrected chi connectivity index (χ2v) is 10.9. The summed E-state index contributed by atoms with van der Waals surface area (Å²) in [6.45, 7) is 3.93. The van der Waals surface area contributed by atoms with Gasteiger partial charge in [-0.2, -0.15) is 4.98 Å². The number of carbonyl (C=O) groups excluding carboxylic acids is 2. The van der Waals surface area contributed by atoms with Crippen molar-refractivity contribution in [1.82, 2.24) is 15.3 Å². The number of methoxy groups -OCH3 is 2. The molecule has 2 aromatic carbocycles. The number of hydrogen-bond donors (Lipinski definition) is 2. The molecule has 1 aliphatic heterocycles. The fourth-order valence-electron chi connectivity index (χ4n) is 5.36. The van der Waals surface area contributed by atoms with Crippen molar-refractivity contribution in [2.45, 2.75) is 50.9 Å². The quantitative estimate of drug-likeness (QED) is 0.287. The van der Waals surface area contributed by atoms with Crippen LogP contribution < -0.4 is 29.9 Å². The summed E-state index contributed by atoms with van der Waals surface area (Å²) in [6, 6.07) is 10.7. The highest BCUT2D eigenvalue weighted by molar-refractivity contribution is 6.42. The third-order valence-corrected chi connectivity index (χ3v) is 8.22. The molecule has 2 heterocycles. The summed E-state index contributed by atoms with van der Waals surface area (Å²) >= 11 is 13.4. The lowest BCUT2D eigenvalue weighted by atomic mass is 9.90. The molecule has 2 N–H and O–H groups in total. The average Bonchev–Trinajstić information content (AvgIpc) is 3.01. The van der Waals surface area contributed by atoms with Crippen molar-refractivity contribution >= 4 is 52.6 Å². The van der Waals surface area contributed by atoms with Gasteiger partial charge in [0.25, 0.3) is 0 Å². The molecule has 0 radical (unpaired) electrons. The number of nitrogens with one attached hydrogen (secondary N) is 2. The second-order valence-electron chi connectivity index (χ2n) is 10.1. The van der Waals surface area contributed by atoms with Gasteiger partial charge in [-0.1, -0.05) is 73.0 Å². The lowest BCUT2D eigenvalue weighted by molar-refractivity contribution is -0.117. The van der Waals surface area contributed by atoms with E-state index in [2.05, 4.69) is 22.2 Å². The SMILES string of the molecule is C=CC(=O)N[C@@H]1CCCC[C@@H]1Nc1ncc2c(n1)N(Cc1ccccc1)C(=O)N(c1c(Cl)c(OC)cc(OC)c1Cl)C2. The molecule has 3 aromatic rings. The summed E-state index contributed by atoms with van der Waals surface area (Å²) in [5.74, 6) is 1.27. The lowest BCUT2D eigenvalue weighted by Crippen LogP contribution is -2.49. The third-order valence-electron chi connectivity index (χ3n) is 7.49. The molecular formula is C30H32Cl2N6O4. The summed E-state index contributed by atoms with van der Waals surface area (Å²) < 4.78 is 10.9. The molecule has 0 bridgehead atoms. The highest BCUT2D eigenvalue weighted by Crippen LogP contribution is 2.48. The zero-order chi connectivity index (χ0) is 29.8. The van der Waals surface area contributed by atoms with Crippen LogP contribution in [0.25, 0.3) is 0 Å². The number of hydrogen-bond acceptors (Lipinski definition) is 7. The van der Waals surface area contributed by atoms with Crippen LogP contribution in [0.4, 0.5) is 22.2 Å². The first-order chi connectivity index (χ1) is 20.3. The first kappa shape index (κ1) is 29.5. The molecular weight excluding hydrogens is 579 g/mol. The predicted molar refractivity (Wildman–Crippen MR) is 164 cm³/mol. The second kappa shape index (κ2) is 12.9. The van der Waals surface area contributed by atoms with Gasteiger partial charge in [-0.25, -0.2) is 9.78 Å². The number of anilines is 3. The summed E-state index contributed by atoms with van der Waals surface area (Å²) in [4.78, 5) is 38.7. The standard InChI is InChI=1S/C30H32Cl2N6O4/c1-4-24(39)34-20-12-8-9-13-21(20)35-29-33-15-19-17-37(27-25(31)22(41-2)14-23(42-3)26(27)32)30(40)38(28(19)36-29)16-18-10-6-5-7-11-18/h4-7,10-11,14-15,20-21H,1,8-9,12-13,16-17H2,2-3H3,(H,34,39)(H,33,35,36)/t20-,21+/m1/s1. The highest BCUT2D eigenvalue weighted by atomic mass is 35.5. The Morgan fingerprint density at radius 3 is 2.40 bits per heavy atom. The van der Waals surface area contributed by atoms with Crippen molar-refractivity contribution in [2.24, 2.45) is 0 Å². The van der Waals surface area contributed by atoms with Crippen molar-refractivity contribution in [3.8, 4) is 11.5 Å². The smallest absolute Gasteiger partial charge is 0.330 e. The number of aromatic nitrogens is 2. The highest BCUT2D eigenvalue weighted by Gasteiger charge is 2.37. The molecule has 1 saturated carbocycles. The van der Waals surface area contributed by atoms with E-state index >= 15 is 0 Å². The number of benzene rings is 2. The summed E-state index contributed by atoms with van der Waals surface area (Å²) in [6.07, 6.45) is 6.68. The lowest BCUT2D eigenvalue weighted by Gasteiger charge is -2.37. The Hall–Kier alpha value is -4.02. The maximum atomic E-state index is 14.2. The van der Waals surface area contributed by atoms with E-state index in [-0.39, 0.29) is 52.8 Å². The average molecular weight is 612 g/mol. The first-order valence-corrected chi connectivity index (χ1v) is 14.4. The number of halogens is 2. The van der Waals surface area contributed by atoms with Gasteiger partial charge < -0.3 is 20.1 Å². The molecule has 220 valence electrons. The van der Waals surface area contributed by atoms with Crippen molar-refractivity contribution in [2.75, 3.05) is 29.3 Å². The van der Waals surface area contributed by atoms with Gasteiger partial charge in [-0.3, -0.25) is 14.6 Å². The van der Waals surface area contributed by atoms with E-state index in [4.69, 9.17) is 37.7 Å². The van der Waals surface area contributed by atoms with E-state index in [9.17, 15) is 9.59 Å². The molecule has 2 aliphatic rings. The first-order valence-electron chi connectivity index (χ1n) is 13.6. The molecule has 0 unspecified atom stereocenters. The van der Waals surface area contributed by atoms with E-state index in [0.717, 1.165) is 31.2 Å². The van der Waals surface area contributed by atoms with Crippen LogP contribution in [-0.2, 0) is 17.9 Å². The maximum absolute atomic E-state index is 14.2. The molecule has 1 aromatic heterocycles. The number of amides is 3. The topological polar surface area (TPSA) is 109 Å². The van der Waals surface area contributed by atoms with Gasteiger partial charge in [-0.05, 0) is 24.5 Å². The van der Waals surface area contributed by atoms with E-state index < -0.39 is 0 Å². The van der Waals surface area contributed by atoms with Gasteiger partial charge in [0, 0.05) is 29.9 Å². The van der Waals surface area contributed by atoms with Crippen LogP contribution in [0.5, 0.6) is 11.5 Å².